The normalized spacial score (nSPS) is 18.6. The lowest BCUT2D eigenvalue weighted by Crippen LogP contribution is -2.33. The smallest absolute Gasteiger partial charge is 0.143 e. The number of ether oxygens (including phenoxy) is 1. The van der Waals surface area contributed by atoms with Crippen LogP contribution in [0.15, 0.2) is 12.1 Å². The van der Waals surface area contributed by atoms with Crippen LogP contribution in [0, 0.1) is 17.1 Å². The van der Waals surface area contributed by atoms with Crippen molar-refractivity contribution >= 4 is 11.4 Å². The third kappa shape index (κ3) is 2.07. The highest BCUT2D eigenvalue weighted by Gasteiger charge is 2.18. The summed E-state index contributed by atoms with van der Waals surface area (Å²) in [6.45, 7) is 1.39. The van der Waals surface area contributed by atoms with Crippen molar-refractivity contribution in [1.82, 2.24) is 0 Å². The van der Waals surface area contributed by atoms with Gasteiger partial charge in [-0.25, -0.2) is 4.39 Å². The number of nitrogens with two attached hydrogens (primary N) is 1. The second-order valence-corrected chi connectivity index (χ2v) is 3.69. The molecule has 0 aromatic heterocycles. The largest absolute Gasteiger partial charge is 0.397 e. The van der Waals surface area contributed by atoms with Crippen LogP contribution >= 0.6 is 0 Å². The van der Waals surface area contributed by atoms with Crippen molar-refractivity contribution in [3.05, 3.63) is 23.5 Å². The van der Waals surface area contributed by atoms with E-state index in [0.717, 1.165) is 13.0 Å². The van der Waals surface area contributed by atoms with E-state index in [1.54, 1.807) is 6.07 Å². The maximum atomic E-state index is 13.3. The topological polar surface area (TPSA) is 71.1 Å². The maximum absolute atomic E-state index is 13.3. The minimum absolute atomic E-state index is 0.0389. The summed E-state index contributed by atoms with van der Waals surface area (Å²) in [6.07, 6.45) is 1.18. The lowest BCUT2D eigenvalue weighted by atomic mass is 10.1. The molecule has 1 aromatic carbocycles. The zero-order chi connectivity index (χ0) is 11.5. The van der Waals surface area contributed by atoms with Crippen LogP contribution in [-0.4, -0.2) is 19.3 Å². The van der Waals surface area contributed by atoms with Gasteiger partial charge < -0.3 is 15.8 Å². The van der Waals surface area contributed by atoms with Gasteiger partial charge in [-0.05, 0) is 12.5 Å². The van der Waals surface area contributed by atoms with Gasteiger partial charge in [0.2, 0.25) is 0 Å². The molecule has 16 heavy (non-hydrogen) atoms. The number of nitriles is 1. The fourth-order valence-electron chi connectivity index (χ4n) is 1.50. The molecule has 0 aliphatic carbocycles. The summed E-state index contributed by atoms with van der Waals surface area (Å²) >= 11 is 0. The van der Waals surface area contributed by atoms with Crippen molar-refractivity contribution in [2.24, 2.45) is 0 Å². The Balaban J connectivity index is 2.08. The fourth-order valence-corrected chi connectivity index (χ4v) is 1.50. The first kappa shape index (κ1) is 10.7. The van der Waals surface area contributed by atoms with Gasteiger partial charge in [0.05, 0.1) is 23.0 Å². The van der Waals surface area contributed by atoms with Crippen LogP contribution in [0.3, 0.4) is 0 Å². The third-order valence-corrected chi connectivity index (χ3v) is 2.57. The van der Waals surface area contributed by atoms with Gasteiger partial charge in [-0.3, -0.25) is 0 Å². The summed E-state index contributed by atoms with van der Waals surface area (Å²) < 4.78 is 18.5. The second-order valence-electron chi connectivity index (χ2n) is 3.69. The van der Waals surface area contributed by atoms with Crippen LogP contribution in [0.4, 0.5) is 15.8 Å². The van der Waals surface area contributed by atoms with Gasteiger partial charge in [0, 0.05) is 19.2 Å². The van der Waals surface area contributed by atoms with E-state index in [2.05, 4.69) is 5.32 Å². The van der Waals surface area contributed by atoms with Crippen LogP contribution in [0.2, 0.25) is 0 Å². The van der Waals surface area contributed by atoms with E-state index in [1.807, 2.05) is 0 Å². The quantitative estimate of drug-likeness (QED) is 0.758. The van der Waals surface area contributed by atoms with Crippen molar-refractivity contribution < 1.29 is 9.13 Å². The fraction of sp³-hybridized carbons (Fsp3) is 0.364. The molecule has 2 rings (SSSR count). The third-order valence-electron chi connectivity index (χ3n) is 2.57. The molecule has 84 valence electrons. The Morgan fingerprint density at radius 3 is 2.94 bits per heavy atom. The standard InChI is InChI=1S/C11H12FN3O/c12-9-4-11(10(14)3-7(9)5-13)15-6-8-1-2-16-8/h3-4,8,15H,1-2,6,14H2/t8-/m0/s1. The predicted octanol–water partition coefficient (Wildman–Crippen LogP) is 1.48. The molecule has 0 radical (unpaired) electrons. The van der Waals surface area contributed by atoms with E-state index in [4.69, 9.17) is 15.7 Å². The van der Waals surface area contributed by atoms with Crippen LogP contribution in [0.5, 0.6) is 0 Å². The average Bonchev–Trinajstić information content (AvgIpc) is 2.20. The highest BCUT2D eigenvalue weighted by Crippen LogP contribution is 2.23. The van der Waals surface area contributed by atoms with Gasteiger partial charge in [0.1, 0.15) is 11.9 Å². The number of anilines is 2. The van der Waals surface area contributed by atoms with Gasteiger partial charge >= 0.3 is 0 Å². The minimum atomic E-state index is -0.561. The van der Waals surface area contributed by atoms with Gasteiger partial charge in [-0.1, -0.05) is 0 Å². The van der Waals surface area contributed by atoms with E-state index >= 15 is 0 Å². The predicted molar refractivity (Wildman–Crippen MR) is 58.4 cm³/mol. The summed E-state index contributed by atoms with van der Waals surface area (Å²) in [7, 11) is 0. The Morgan fingerprint density at radius 2 is 2.38 bits per heavy atom. The van der Waals surface area contributed by atoms with Crippen molar-refractivity contribution in [3.63, 3.8) is 0 Å². The Bertz CT molecular complexity index is 438. The second kappa shape index (κ2) is 4.37. The van der Waals surface area contributed by atoms with Gasteiger partial charge in [0.25, 0.3) is 0 Å². The molecule has 1 fully saturated rings. The molecule has 1 aromatic rings. The number of benzene rings is 1. The first-order valence-electron chi connectivity index (χ1n) is 5.05. The highest BCUT2D eigenvalue weighted by molar-refractivity contribution is 5.68. The van der Waals surface area contributed by atoms with Crippen molar-refractivity contribution in [2.45, 2.75) is 12.5 Å². The van der Waals surface area contributed by atoms with Gasteiger partial charge in [0.15, 0.2) is 0 Å². The molecule has 1 heterocycles. The summed E-state index contributed by atoms with van der Waals surface area (Å²) in [6, 6.07) is 4.32. The summed E-state index contributed by atoms with van der Waals surface area (Å²) in [4.78, 5) is 0. The van der Waals surface area contributed by atoms with Crippen LogP contribution < -0.4 is 11.1 Å². The van der Waals surface area contributed by atoms with Crippen LogP contribution in [-0.2, 0) is 4.74 Å². The van der Waals surface area contributed by atoms with Crippen LogP contribution in [0.25, 0.3) is 0 Å². The molecule has 1 aliphatic rings. The monoisotopic (exact) mass is 221 g/mol. The highest BCUT2D eigenvalue weighted by atomic mass is 19.1. The van der Waals surface area contributed by atoms with Crippen molar-refractivity contribution in [1.29, 1.82) is 5.26 Å². The lowest BCUT2D eigenvalue weighted by molar-refractivity contribution is -0.0410. The molecular weight excluding hydrogens is 209 g/mol. The first-order valence-corrected chi connectivity index (χ1v) is 5.05. The molecular formula is C11H12FN3O. The molecule has 3 N–H and O–H groups in total. The molecule has 1 aliphatic heterocycles. The summed E-state index contributed by atoms with van der Waals surface area (Å²) in [5, 5.41) is 11.6. The Kier molecular flexibility index (Phi) is 2.93. The number of rotatable bonds is 3. The molecule has 0 spiro atoms. The van der Waals surface area contributed by atoms with Crippen molar-refractivity contribution in [2.75, 3.05) is 24.2 Å². The van der Waals surface area contributed by atoms with E-state index in [9.17, 15) is 4.39 Å². The summed E-state index contributed by atoms with van der Waals surface area (Å²) in [5.41, 5.74) is 6.53. The number of halogens is 1. The molecule has 5 heteroatoms. The maximum Gasteiger partial charge on any atom is 0.143 e. The zero-order valence-electron chi connectivity index (χ0n) is 8.66. The Hall–Kier alpha value is -1.80. The number of hydrogen-bond acceptors (Lipinski definition) is 4. The van der Waals surface area contributed by atoms with E-state index < -0.39 is 5.82 Å². The number of nitrogens with one attached hydrogen (secondary N) is 1. The molecule has 0 unspecified atom stereocenters. The zero-order valence-corrected chi connectivity index (χ0v) is 8.66. The summed E-state index contributed by atoms with van der Waals surface area (Å²) in [5.74, 6) is -0.561. The first-order chi connectivity index (χ1) is 7.70. The van der Waals surface area contributed by atoms with E-state index in [1.165, 1.54) is 12.1 Å². The lowest BCUT2D eigenvalue weighted by Gasteiger charge is -2.27. The Labute approximate surface area is 92.8 Å². The minimum Gasteiger partial charge on any atom is -0.397 e. The molecule has 0 amide bonds. The molecule has 0 bridgehead atoms. The van der Waals surface area contributed by atoms with Gasteiger partial charge in [-0.2, -0.15) is 5.26 Å². The molecule has 1 saturated heterocycles. The van der Waals surface area contributed by atoms with Crippen LogP contribution in [0.1, 0.15) is 12.0 Å². The molecule has 0 saturated carbocycles. The number of nitrogens with zero attached hydrogens (tertiary/aromatic N) is 1. The van der Waals surface area contributed by atoms with Gasteiger partial charge in [-0.15, -0.1) is 0 Å². The SMILES string of the molecule is N#Cc1cc(N)c(NC[C@@H]2CCO2)cc1F. The molecule has 1 atom stereocenters. The average molecular weight is 221 g/mol. The Morgan fingerprint density at radius 1 is 1.62 bits per heavy atom. The number of nitrogen functional groups attached to an aromatic ring is 1. The number of hydrogen-bond donors (Lipinski definition) is 2. The van der Waals surface area contributed by atoms with E-state index in [-0.39, 0.29) is 11.7 Å². The van der Waals surface area contributed by atoms with E-state index in [0.29, 0.717) is 17.9 Å². The molecule has 4 nitrogen and oxygen atoms in total. The van der Waals surface area contributed by atoms with Crippen molar-refractivity contribution in [3.8, 4) is 6.07 Å².